The molecule has 0 atom stereocenters. The summed E-state index contributed by atoms with van der Waals surface area (Å²) >= 11 is 0. The Bertz CT molecular complexity index is 1660. The predicted molar refractivity (Wildman–Crippen MR) is 259 cm³/mol. The average Bonchev–Trinajstić information content (AvgIpc) is 3.31. The molecule has 3 rings (SSSR count). The lowest BCUT2D eigenvalue weighted by Crippen LogP contribution is -2.41. The maximum atomic E-state index is 13.0. The van der Waals surface area contributed by atoms with Crippen LogP contribution in [0.4, 0.5) is 0 Å². The number of unbranched alkanes of at least 4 members (excludes halogenated alkanes) is 15. The number of nitrogens with one attached hydrogen (secondary N) is 3. The molecule has 3 aromatic carbocycles. The number of hydrogen-bond acceptors (Lipinski definition) is 9. The first kappa shape index (κ1) is 52.0. The van der Waals surface area contributed by atoms with Crippen molar-refractivity contribution in [1.29, 1.82) is 0 Å². The smallest absolute Gasteiger partial charge is 0.187 e. The Morgan fingerprint density at radius 2 is 0.698 bits per heavy atom. The number of allylic oxidation sites excluding steroid dienone is 3. The second-order valence-electron chi connectivity index (χ2n) is 16.2. The number of ether oxygens (including phenoxy) is 3. The summed E-state index contributed by atoms with van der Waals surface area (Å²) < 4.78 is 17.6. The standard InChI is InChI=1S/C54H77N3O6/c1-4-7-10-13-16-19-40-61-49-28-22-45(23-29-49)52(58)34-37-55-43-48(57-39-36-54(60)47-26-32-51(33-27-47)63-42-21-18-15-12-9-6-3)44-56-38-35-53(59)46-24-30-50(31-25-46)62-41-20-17-14-11-8-5-2/h22-39,48,55-57H,4-21,40-44H2,1-3H3/b37-34-,38-35-,39-36-. The summed E-state index contributed by atoms with van der Waals surface area (Å²) in [6.45, 7) is 9.53. The minimum atomic E-state index is -0.211. The fraction of sp³-hybridized carbons (Fsp3) is 0.500. The first-order chi connectivity index (χ1) is 30.9. The summed E-state index contributed by atoms with van der Waals surface area (Å²) in [4.78, 5) is 38.8. The molecule has 0 bridgehead atoms. The molecule has 0 aromatic heterocycles. The van der Waals surface area contributed by atoms with Gasteiger partial charge in [0, 0.05) is 66.6 Å². The highest BCUT2D eigenvalue weighted by Crippen LogP contribution is 2.17. The fourth-order valence-electron chi connectivity index (χ4n) is 6.79. The number of carbonyl (C=O) groups is 3. The summed E-state index contributed by atoms with van der Waals surface area (Å²) in [5.41, 5.74) is 1.70. The number of rotatable bonds is 38. The van der Waals surface area contributed by atoms with E-state index >= 15 is 0 Å². The van der Waals surface area contributed by atoms with Gasteiger partial charge in [0.05, 0.1) is 25.9 Å². The zero-order valence-electron chi connectivity index (χ0n) is 38.7. The molecule has 3 N–H and O–H groups in total. The molecule has 0 heterocycles. The van der Waals surface area contributed by atoms with Crippen LogP contribution in [0.2, 0.25) is 0 Å². The molecule has 0 spiro atoms. The highest BCUT2D eigenvalue weighted by molar-refractivity contribution is 6.05. The van der Waals surface area contributed by atoms with Crippen molar-refractivity contribution in [2.24, 2.45) is 0 Å². The molecule has 344 valence electrons. The lowest BCUT2D eigenvalue weighted by molar-refractivity contribution is 0.103. The minimum Gasteiger partial charge on any atom is -0.494 e. The SMILES string of the molecule is CCCCCCCCOc1ccc(C(=O)/C=C\NCC(CN/C=C\C(=O)c2ccc(OCCCCCCCC)cc2)N/C=C\C(=O)c2ccc(OCCCCCCCC)cc2)cc1. The van der Waals surface area contributed by atoms with Gasteiger partial charge in [0.25, 0.3) is 0 Å². The van der Waals surface area contributed by atoms with Gasteiger partial charge in [0.1, 0.15) is 17.2 Å². The van der Waals surface area contributed by atoms with E-state index in [-0.39, 0.29) is 23.4 Å². The molecule has 0 saturated carbocycles. The molecule has 0 saturated heterocycles. The van der Waals surface area contributed by atoms with Crippen LogP contribution in [0.1, 0.15) is 167 Å². The van der Waals surface area contributed by atoms with Crippen LogP contribution in [0.5, 0.6) is 17.2 Å². The van der Waals surface area contributed by atoms with Crippen molar-refractivity contribution < 1.29 is 28.6 Å². The van der Waals surface area contributed by atoms with Crippen molar-refractivity contribution in [3.05, 3.63) is 126 Å². The Morgan fingerprint density at radius 3 is 1.02 bits per heavy atom. The van der Waals surface area contributed by atoms with Gasteiger partial charge in [-0.15, -0.1) is 0 Å². The van der Waals surface area contributed by atoms with Gasteiger partial charge in [-0.05, 0) is 92.1 Å². The predicted octanol–water partition coefficient (Wildman–Crippen LogP) is 12.5. The van der Waals surface area contributed by atoms with Crippen molar-refractivity contribution in [1.82, 2.24) is 16.0 Å². The third kappa shape index (κ3) is 24.2. The maximum absolute atomic E-state index is 13.0. The van der Waals surface area contributed by atoms with E-state index in [1.807, 2.05) is 36.4 Å². The number of carbonyl (C=O) groups excluding carboxylic acids is 3. The van der Waals surface area contributed by atoms with Crippen LogP contribution in [0.25, 0.3) is 0 Å². The first-order valence-corrected chi connectivity index (χ1v) is 24.0. The highest BCUT2D eigenvalue weighted by Gasteiger charge is 2.08. The zero-order valence-corrected chi connectivity index (χ0v) is 38.7. The molecule has 0 unspecified atom stereocenters. The van der Waals surface area contributed by atoms with E-state index in [9.17, 15) is 14.4 Å². The molecule has 63 heavy (non-hydrogen) atoms. The van der Waals surface area contributed by atoms with Crippen LogP contribution >= 0.6 is 0 Å². The van der Waals surface area contributed by atoms with Gasteiger partial charge in [0.2, 0.25) is 0 Å². The minimum absolute atomic E-state index is 0.129. The van der Waals surface area contributed by atoms with Crippen LogP contribution in [0, 0.1) is 0 Å². The van der Waals surface area contributed by atoms with E-state index in [2.05, 4.69) is 36.7 Å². The Morgan fingerprint density at radius 1 is 0.413 bits per heavy atom. The van der Waals surface area contributed by atoms with Gasteiger partial charge in [-0.3, -0.25) is 14.4 Å². The number of benzene rings is 3. The van der Waals surface area contributed by atoms with E-state index < -0.39 is 0 Å². The van der Waals surface area contributed by atoms with Crippen molar-refractivity contribution in [3.63, 3.8) is 0 Å². The summed E-state index contributed by atoms with van der Waals surface area (Å²) in [6, 6.07) is 21.5. The summed E-state index contributed by atoms with van der Waals surface area (Å²) in [5, 5.41) is 9.70. The van der Waals surface area contributed by atoms with E-state index in [1.165, 1.54) is 108 Å². The van der Waals surface area contributed by atoms with E-state index in [0.29, 0.717) is 49.6 Å². The van der Waals surface area contributed by atoms with Crippen molar-refractivity contribution in [3.8, 4) is 17.2 Å². The molecule has 0 aliphatic heterocycles. The van der Waals surface area contributed by atoms with Crippen LogP contribution in [-0.2, 0) is 0 Å². The molecule has 0 amide bonds. The molecule has 0 radical (unpaired) electrons. The van der Waals surface area contributed by atoms with Crippen molar-refractivity contribution in [2.45, 2.75) is 142 Å². The van der Waals surface area contributed by atoms with Gasteiger partial charge >= 0.3 is 0 Å². The van der Waals surface area contributed by atoms with Crippen molar-refractivity contribution in [2.75, 3.05) is 32.9 Å². The molecule has 0 aliphatic carbocycles. The number of ketones is 3. The van der Waals surface area contributed by atoms with Crippen LogP contribution in [0.3, 0.4) is 0 Å². The average molecular weight is 864 g/mol. The third-order valence-electron chi connectivity index (χ3n) is 10.7. The molecular formula is C54H77N3O6. The van der Waals surface area contributed by atoms with E-state index in [1.54, 1.807) is 55.0 Å². The molecule has 9 heteroatoms. The Hall–Kier alpha value is -5.31. The largest absolute Gasteiger partial charge is 0.494 e. The normalized spacial score (nSPS) is 11.4. The van der Waals surface area contributed by atoms with E-state index in [4.69, 9.17) is 14.2 Å². The zero-order chi connectivity index (χ0) is 45.0. The van der Waals surface area contributed by atoms with Crippen molar-refractivity contribution >= 4 is 17.3 Å². The van der Waals surface area contributed by atoms with Gasteiger partial charge < -0.3 is 30.2 Å². The monoisotopic (exact) mass is 864 g/mol. The molecular weight excluding hydrogens is 787 g/mol. The molecule has 0 aliphatic rings. The first-order valence-electron chi connectivity index (χ1n) is 24.0. The second-order valence-corrected chi connectivity index (χ2v) is 16.2. The maximum Gasteiger partial charge on any atom is 0.187 e. The van der Waals surface area contributed by atoms with Crippen LogP contribution < -0.4 is 30.2 Å². The lowest BCUT2D eigenvalue weighted by Gasteiger charge is -2.17. The molecule has 9 nitrogen and oxygen atoms in total. The van der Waals surface area contributed by atoms with Gasteiger partial charge in [0.15, 0.2) is 17.3 Å². The van der Waals surface area contributed by atoms with Crippen LogP contribution in [0.15, 0.2) is 110 Å². The summed E-state index contributed by atoms with van der Waals surface area (Å²) in [7, 11) is 0. The highest BCUT2D eigenvalue weighted by atomic mass is 16.5. The molecule has 0 fully saturated rings. The van der Waals surface area contributed by atoms with Gasteiger partial charge in [-0.1, -0.05) is 117 Å². The summed E-state index contributed by atoms with van der Waals surface area (Å²) in [5.74, 6) is 1.88. The fourth-order valence-corrected chi connectivity index (χ4v) is 6.79. The topological polar surface area (TPSA) is 115 Å². The van der Waals surface area contributed by atoms with E-state index in [0.717, 1.165) is 42.9 Å². The third-order valence-corrected chi connectivity index (χ3v) is 10.7. The number of hydrogen-bond donors (Lipinski definition) is 3. The Kier molecular flexibility index (Phi) is 28.3. The van der Waals surface area contributed by atoms with Gasteiger partial charge in [-0.25, -0.2) is 0 Å². The molecule has 3 aromatic rings. The van der Waals surface area contributed by atoms with Gasteiger partial charge in [-0.2, -0.15) is 0 Å². The quantitative estimate of drug-likeness (QED) is 0.0294. The van der Waals surface area contributed by atoms with Crippen LogP contribution in [-0.4, -0.2) is 56.3 Å². The Labute approximate surface area is 379 Å². The Balaban J connectivity index is 1.50. The summed E-state index contributed by atoms with van der Waals surface area (Å²) in [6.07, 6.45) is 31.1. The lowest BCUT2D eigenvalue weighted by atomic mass is 10.1. The second kappa shape index (κ2) is 34.2.